The van der Waals surface area contributed by atoms with Crippen molar-refractivity contribution in [3.8, 4) is 11.5 Å². The lowest BCUT2D eigenvalue weighted by molar-refractivity contribution is -0.0190. The summed E-state index contributed by atoms with van der Waals surface area (Å²) in [6.45, 7) is 4.18. The molecule has 0 aliphatic carbocycles. The van der Waals surface area contributed by atoms with E-state index in [1.807, 2.05) is 42.5 Å². The molecule has 2 aliphatic rings. The first-order valence-corrected chi connectivity index (χ1v) is 9.84. The Morgan fingerprint density at radius 3 is 2.55 bits per heavy atom. The lowest BCUT2D eigenvalue weighted by atomic mass is 9.96. The third-order valence-electron chi connectivity index (χ3n) is 5.34. The van der Waals surface area contributed by atoms with Gasteiger partial charge in [-0.3, -0.25) is 0 Å². The number of nitrogens with zero attached hydrogens (tertiary/aromatic N) is 2. The van der Waals surface area contributed by atoms with Crippen molar-refractivity contribution in [2.75, 3.05) is 6.61 Å². The first-order chi connectivity index (χ1) is 14.3. The number of hydrogen-bond donors (Lipinski definition) is 0. The highest BCUT2D eigenvalue weighted by atomic mass is 16.5. The van der Waals surface area contributed by atoms with Gasteiger partial charge in [-0.05, 0) is 35.9 Å². The molecule has 3 aromatic rings. The van der Waals surface area contributed by atoms with Crippen LogP contribution in [-0.4, -0.2) is 17.3 Å². The lowest BCUT2D eigenvalue weighted by Gasteiger charge is -2.38. The van der Waals surface area contributed by atoms with E-state index in [0.717, 1.165) is 34.8 Å². The standard InChI is InChI=1S/C25H22N2O2/c1-2-16-28-20-14-12-19(13-15-20)25-27-23(21-10-6-7-11-24(21)29-25)17-22(26-27)18-8-4-3-5-9-18/h2-15,23,25H,1,16-17H2/t23-,25+/m1/s1. The van der Waals surface area contributed by atoms with Crippen LogP contribution >= 0.6 is 0 Å². The van der Waals surface area contributed by atoms with Crippen LogP contribution in [0.15, 0.2) is 96.6 Å². The average Bonchev–Trinajstić information content (AvgIpc) is 3.24. The molecule has 2 atom stereocenters. The van der Waals surface area contributed by atoms with Gasteiger partial charge < -0.3 is 9.47 Å². The second-order valence-electron chi connectivity index (χ2n) is 7.19. The summed E-state index contributed by atoms with van der Waals surface area (Å²) in [6, 6.07) is 26.8. The van der Waals surface area contributed by atoms with Crippen LogP contribution in [0.4, 0.5) is 0 Å². The summed E-state index contributed by atoms with van der Waals surface area (Å²) in [4.78, 5) is 0. The molecule has 144 valence electrons. The van der Waals surface area contributed by atoms with Crippen LogP contribution in [0.5, 0.6) is 11.5 Å². The molecule has 29 heavy (non-hydrogen) atoms. The van der Waals surface area contributed by atoms with Gasteiger partial charge in [-0.1, -0.05) is 61.2 Å². The van der Waals surface area contributed by atoms with Crippen molar-refractivity contribution in [2.24, 2.45) is 5.10 Å². The largest absolute Gasteiger partial charge is 0.490 e. The third-order valence-corrected chi connectivity index (χ3v) is 5.34. The Hall–Kier alpha value is -3.53. The highest BCUT2D eigenvalue weighted by Gasteiger charge is 2.40. The van der Waals surface area contributed by atoms with Crippen LogP contribution in [0.1, 0.15) is 35.4 Å². The molecule has 3 aromatic carbocycles. The van der Waals surface area contributed by atoms with E-state index in [1.54, 1.807) is 6.08 Å². The molecule has 0 unspecified atom stereocenters. The van der Waals surface area contributed by atoms with Crippen molar-refractivity contribution in [3.05, 3.63) is 108 Å². The summed E-state index contributed by atoms with van der Waals surface area (Å²) < 4.78 is 12.0. The Labute approximate surface area is 170 Å². The van der Waals surface area contributed by atoms with Crippen LogP contribution in [-0.2, 0) is 0 Å². The zero-order valence-corrected chi connectivity index (χ0v) is 16.1. The van der Waals surface area contributed by atoms with Gasteiger partial charge in [0, 0.05) is 17.5 Å². The SMILES string of the molecule is C=CCOc1ccc([C@@H]2Oc3ccccc3[C@H]3CC(c4ccccc4)=NN32)cc1. The number of hydrazone groups is 1. The Morgan fingerprint density at radius 1 is 1.00 bits per heavy atom. The lowest BCUT2D eigenvalue weighted by Crippen LogP contribution is -2.33. The first-order valence-electron chi connectivity index (χ1n) is 9.84. The van der Waals surface area contributed by atoms with E-state index in [-0.39, 0.29) is 12.3 Å². The van der Waals surface area contributed by atoms with Gasteiger partial charge in [0.25, 0.3) is 0 Å². The number of rotatable bonds is 5. The van der Waals surface area contributed by atoms with E-state index < -0.39 is 0 Å². The monoisotopic (exact) mass is 382 g/mol. The molecular formula is C25H22N2O2. The Bertz CT molecular complexity index is 1040. The second kappa shape index (κ2) is 7.47. The molecule has 0 spiro atoms. The normalized spacial score (nSPS) is 19.6. The minimum atomic E-state index is -0.274. The highest BCUT2D eigenvalue weighted by Crippen LogP contribution is 2.47. The molecule has 2 aliphatic heterocycles. The van der Waals surface area contributed by atoms with Crippen molar-refractivity contribution < 1.29 is 9.47 Å². The van der Waals surface area contributed by atoms with Crippen molar-refractivity contribution in [3.63, 3.8) is 0 Å². The molecule has 4 heteroatoms. The van der Waals surface area contributed by atoms with Crippen LogP contribution < -0.4 is 9.47 Å². The predicted octanol–water partition coefficient (Wildman–Crippen LogP) is 5.49. The minimum absolute atomic E-state index is 0.164. The van der Waals surface area contributed by atoms with Gasteiger partial charge in [0.15, 0.2) is 0 Å². The van der Waals surface area contributed by atoms with E-state index in [0.29, 0.717) is 6.61 Å². The average molecular weight is 382 g/mol. The van der Waals surface area contributed by atoms with Crippen molar-refractivity contribution in [2.45, 2.75) is 18.7 Å². The third kappa shape index (κ3) is 3.27. The van der Waals surface area contributed by atoms with Crippen molar-refractivity contribution in [1.29, 1.82) is 0 Å². The van der Waals surface area contributed by atoms with E-state index in [9.17, 15) is 0 Å². The van der Waals surface area contributed by atoms with Gasteiger partial charge in [-0.15, -0.1) is 0 Å². The maximum absolute atomic E-state index is 6.40. The summed E-state index contributed by atoms with van der Waals surface area (Å²) in [7, 11) is 0. The zero-order valence-electron chi connectivity index (χ0n) is 16.1. The topological polar surface area (TPSA) is 34.1 Å². The fraction of sp³-hybridized carbons (Fsp3) is 0.160. The predicted molar refractivity (Wildman–Crippen MR) is 114 cm³/mol. The Morgan fingerprint density at radius 2 is 1.76 bits per heavy atom. The molecule has 4 nitrogen and oxygen atoms in total. The Balaban J connectivity index is 1.51. The zero-order chi connectivity index (χ0) is 19.6. The van der Waals surface area contributed by atoms with Crippen molar-refractivity contribution >= 4 is 5.71 Å². The molecule has 0 saturated heterocycles. The maximum atomic E-state index is 6.40. The quantitative estimate of drug-likeness (QED) is 0.547. The van der Waals surface area contributed by atoms with Crippen LogP contribution in [0.2, 0.25) is 0 Å². The summed E-state index contributed by atoms with van der Waals surface area (Å²) in [6.07, 6.45) is 2.33. The Kier molecular flexibility index (Phi) is 4.53. The number of ether oxygens (including phenoxy) is 2. The van der Waals surface area contributed by atoms with Crippen molar-refractivity contribution in [1.82, 2.24) is 5.01 Å². The molecule has 0 radical (unpaired) electrons. The molecule has 2 heterocycles. The number of benzene rings is 3. The number of para-hydroxylation sites is 1. The maximum Gasteiger partial charge on any atom is 0.213 e. The van der Waals surface area contributed by atoms with E-state index in [2.05, 4.69) is 48.0 Å². The minimum Gasteiger partial charge on any atom is -0.490 e. The molecule has 0 aromatic heterocycles. The molecule has 0 N–H and O–H groups in total. The first kappa shape index (κ1) is 17.6. The van der Waals surface area contributed by atoms with E-state index >= 15 is 0 Å². The van der Waals surface area contributed by atoms with E-state index in [4.69, 9.17) is 14.6 Å². The number of hydrogen-bond acceptors (Lipinski definition) is 4. The fourth-order valence-corrected chi connectivity index (χ4v) is 3.94. The second-order valence-corrected chi connectivity index (χ2v) is 7.19. The van der Waals surface area contributed by atoms with E-state index in [1.165, 1.54) is 5.56 Å². The molecule has 5 rings (SSSR count). The van der Waals surface area contributed by atoms with Gasteiger partial charge in [0.1, 0.15) is 18.1 Å². The molecule has 0 amide bonds. The van der Waals surface area contributed by atoms with Crippen LogP contribution in [0, 0.1) is 0 Å². The van der Waals surface area contributed by atoms with Gasteiger partial charge >= 0.3 is 0 Å². The van der Waals surface area contributed by atoms with Gasteiger partial charge in [0.2, 0.25) is 6.23 Å². The molecule has 0 saturated carbocycles. The summed E-state index contributed by atoms with van der Waals surface area (Å²) in [5.74, 6) is 1.74. The van der Waals surface area contributed by atoms with Crippen LogP contribution in [0.3, 0.4) is 0 Å². The fourth-order valence-electron chi connectivity index (χ4n) is 3.94. The van der Waals surface area contributed by atoms with Gasteiger partial charge in [-0.25, -0.2) is 5.01 Å². The van der Waals surface area contributed by atoms with Crippen LogP contribution in [0.25, 0.3) is 0 Å². The smallest absolute Gasteiger partial charge is 0.213 e. The van der Waals surface area contributed by atoms with Gasteiger partial charge in [-0.2, -0.15) is 5.10 Å². The number of fused-ring (bicyclic) bond motifs is 3. The molecule has 0 fully saturated rings. The summed E-state index contributed by atoms with van der Waals surface area (Å²) in [5.41, 5.74) is 4.48. The van der Waals surface area contributed by atoms with Gasteiger partial charge in [0.05, 0.1) is 11.8 Å². The highest BCUT2D eigenvalue weighted by molar-refractivity contribution is 6.01. The summed E-state index contributed by atoms with van der Waals surface area (Å²) >= 11 is 0. The summed E-state index contributed by atoms with van der Waals surface area (Å²) in [5, 5.41) is 7.09. The molecular weight excluding hydrogens is 360 g/mol. The molecule has 0 bridgehead atoms.